The van der Waals surface area contributed by atoms with Crippen LogP contribution in [0.15, 0.2) is 30.5 Å². The van der Waals surface area contributed by atoms with E-state index in [4.69, 9.17) is 34.2 Å². The number of nitrogens with two attached hydrogens (primary N) is 1. The van der Waals surface area contributed by atoms with Crippen LogP contribution in [-0.4, -0.2) is 10.5 Å². The molecule has 0 radical (unpaired) electrons. The number of amides is 1. The third kappa shape index (κ3) is 3.69. The first kappa shape index (κ1) is 15.2. The highest BCUT2D eigenvalue weighted by molar-refractivity contribution is 6.40. The minimum atomic E-state index is -0.249. The van der Waals surface area contributed by atoms with Crippen LogP contribution in [0.4, 0.5) is 11.4 Å². The Bertz CT molecular complexity index is 695. The van der Waals surface area contributed by atoms with Crippen molar-refractivity contribution in [2.75, 3.05) is 11.1 Å². The molecule has 0 aliphatic heterocycles. The van der Waals surface area contributed by atoms with Gasteiger partial charge in [0.25, 0.3) is 0 Å². The normalized spacial score (nSPS) is 10.1. The third-order valence-corrected chi connectivity index (χ3v) is 3.45. The minimum Gasteiger partial charge on any atom is -0.399 e. The zero-order valence-electron chi connectivity index (χ0n) is 10.9. The number of benzene rings is 1. The Kier molecular flexibility index (Phi) is 4.73. The summed E-state index contributed by atoms with van der Waals surface area (Å²) >= 11 is 12.0. The molecule has 108 valence electrons. The zero-order valence-corrected chi connectivity index (χ0v) is 12.4. The van der Waals surface area contributed by atoms with E-state index in [0.29, 0.717) is 23.6 Å². The molecule has 1 amide bonds. The Morgan fingerprint density at radius 1 is 1.38 bits per heavy atom. The first-order valence-electron chi connectivity index (χ1n) is 6.11. The summed E-state index contributed by atoms with van der Waals surface area (Å²) in [4.78, 5) is 11.9. The first-order chi connectivity index (χ1) is 10.0. The predicted octanol–water partition coefficient (Wildman–Crippen LogP) is 3.28. The number of hydrogen-bond donors (Lipinski definition) is 2. The highest BCUT2D eigenvalue weighted by atomic mass is 35.5. The van der Waals surface area contributed by atoms with Crippen molar-refractivity contribution in [3.63, 3.8) is 0 Å². The van der Waals surface area contributed by atoms with Gasteiger partial charge >= 0.3 is 0 Å². The number of nitrogens with one attached hydrogen (secondary N) is 1. The van der Waals surface area contributed by atoms with Crippen LogP contribution >= 0.6 is 23.2 Å². The Balaban J connectivity index is 2.02. The van der Waals surface area contributed by atoms with E-state index in [1.165, 1.54) is 12.1 Å². The molecule has 0 unspecified atom stereocenters. The topological polar surface area (TPSA) is 83.8 Å². The molecule has 0 bridgehead atoms. The Labute approximate surface area is 131 Å². The lowest BCUT2D eigenvalue weighted by atomic mass is 10.2. The maximum absolute atomic E-state index is 11.9. The molecular formula is C14H12Cl2N4O. The van der Waals surface area contributed by atoms with Crippen molar-refractivity contribution in [3.8, 4) is 6.07 Å². The van der Waals surface area contributed by atoms with Crippen LogP contribution in [-0.2, 0) is 11.3 Å². The summed E-state index contributed by atoms with van der Waals surface area (Å²) in [5.74, 6) is -0.249. The number of nitriles is 1. The summed E-state index contributed by atoms with van der Waals surface area (Å²) in [5.41, 5.74) is 6.87. The average Bonchev–Trinajstić information content (AvgIpc) is 2.88. The average molecular weight is 323 g/mol. The number of nitrogens with zero attached hydrogens (tertiary/aromatic N) is 2. The number of carbonyl (C=O) groups is 1. The number of nitrogen functional groups attached to an aromatic ring is 1. The molecule has 1 heterocycles. The van der Waals surface area contributed by atoms with Gasteiger partial charge in [0.2, 0.25) is 5.91 Å². The molecule has 21 heavy (non-hydrogen) atoms. The lowest BCUT2D eigenvalue weighted by Crippen LogP contribution is -2.15. The summed E-state index contributed by atoms with van der Waals surface area (Å²) in [6.07, 6.45) is 1.94. The number of carbonyl (C=O) groups excluding carboxylic acids is 1. The van der Waals surface area contributed by atoms with E-state index in [1.54, 1.807) is 22.9 Å². The van der Waals surface area contributed by atoms with Crippen LogP contribution in [0.3, 0.4) is 0 Å². The van der Waals surface area contributed by atoms with Gasteiger partial charge in [-0.25, -0.2) is 0 Å². The molecule has 7 heteroatoms. The Morgan fingerprint density at radius 3 is 2.67 bits per heavy atom. The number of aromatic nitrogens is 1. The van der Waals surface area contributed by atoms with Crippen LogP contribution in [0, 0.1) is 11.3 Å². The van der Waals surface area contributed by atoms with Gasteiger partial charge in [0, 0.05) is 24.8 Å². The van der Waals surface area contributed by atoms with E-state index >= 15 is 0 Å². The van der Waals surface area contributed by atoms with Crippen molar-refractivity contribution in [2.24, 2.45) is 0 Å². The van der Waals surface area contributed by atoms with Gasteiger partial charge in [-0.1, -0.05) is 23.2 Å². The molecule has 5 nitrogen and oxygen atoms in total. The number of anilines is 2. The lowest BCUT2D eigenvalue weighted by Gasteiger charge is -2.10. The predicted molar refractivity (Wildman–Crippen MR) is 83.3 cm³/mol. The fourth-order valence-corrected chi connectivity index (χ4v) is 2.45. The molecule has 2 aromatic rings. The van der Waals surface area contributed by atoms with Gasteiger partial charge in [-0.05, 0) is 24.3 Å². The smallest absolute Gasteiger partial charge is 0.226 e. The molecular weight excluding hydrogens is 311 g/mol. The van der Waals surface area contributed by atoms with E-state index in [0.717, 1.165) is 0 Å². The summed E-state index contributed by atoms with van der Waals surface area (Å²) in [6, 6.07) is 8.52. The van der Waals surface area contributed by atoms with E-state index in [1.807, 2.05) is 6.07 Å². The molecule has 0 aliphatic carbocycles. The fraction of sp³-hybridized carbons (Fsp3) is 0.143. The minimum absolute atomic E-state index is 0.195. The van der Waals surface area contributed by atoms with Gasteiger partial charge in [-0.3, -0.25) is 4.79 Å². The maximum Gasteiger partial charge on any atom is 0.226 e. The van der Waals surface area contributed by atoms with Gasteiger partial charge < -0.3 is 15.6 Å². The van der Waals surface area contributed by atoms with Gasteiger partial charge in [0.15, 0.2) is 0 Å². The highest BCUT2D eigenvalue weighted by Crippen LogP contribution is 2.32. The van der Waals surface area contributed by atoms with Crippen LogP contribution < -0.4 is 11.1 Å². The van der Waals surface area contributed by atoms with E-state index in [9.17, 15) is 4.79 Å². The molecule has 0 saturated carbocycles. The van der Waals surface area contributed by atoms with Crippen molar-refractivity contribution in [1.82, 2.24) is 4.57 Å². The van der Waals surface area contributed by atoms with Crippen LogP contribution in [0.1, 0.15) is 12.1 Å². The zero-order chi connectivity index (χ0) is 15.4. The molecule has 0 atom stereocenters. The second-order valence-electron chi connectivity index (χ2n) is 4.36. The number of hydrogen-bond acceptors (Lipinski definition) is 3. The highest BCUT2D eigenvalue weighted by Gasteiger charge is 2.11. The van der Waals surface area contributed by atoms with Crippen LogP contribution in [0.5, 0.6) is 0 Å². The molecule has 0 saturated heterocycles. The molecule has 3 N–H and O–H groups in total. The lowest BCUT2D eigenvalue weighted by molar-refractivity contribution is -0.116. The van der Waals surface area contributed by atoms with Crippen molar-refractivity contribution in [1.29, 1.82) is 5.26 Å². The largest absolute Gasteiger partial charge is 0.399 e. The van der Waals surface area contributed by atoms with Crippen LogP contribution in [0.25, 0.3) is 0 Å². The van der Waals surface area contributed by atoms with Crippen molar-refractivity contribution in [3.05, 3.63) is 46.2 Å². The second kappa shape index (κ2) is 6.53. The first-order valence-corrected chi connectivity index (χ1v) is 6.86. The summed E-state index contributed by atoms with van der Waals surface area (Å²) in [7, 11) is 0. The summed E-state index contributed by atoms with van der Waals surface area (Å²) in [5, 5.41) is 12.1. The van der Waals surface area contributed by atoms with E-state index < -0.39 is 0 Å². The standard InChI is InChI=1S/C14H12Cl2N4O/c15-11-6-9(18)7-12(16)14(11)19-13(21)3-5-20-4-1-2-10(20)8-17/h1-2,4,6-7H,3,5,18H2,(H,19,21). The third-order valence-electron chi connectivity index (χ3n) is 2.85. The van der Waals surface area contributed by atoms with Crippen molar-refractivity contribution in [2.45, 2.75) is 13.0 Å². The van der Waals surface area contributed by atoms with Gasteiger partial charge in [-0.15, -0.1) is 0 Å². The van der Waals surface area contributed by atoms with E-state index in [-0.39, 0.29) is 22.4 Å². The number of halogens is 2. The second-order valence-corrected chi connectivity index (χ2v) is 5.17. The fourth-order valence-electron chi connectivity index (χ4n) is 1.85. The molecule has 0 spiro atoms. The number of aryl methyl sites for hydroxylation is 1. The van der Waals surface area contributed by atoms with Crippen molar-refractivity contribution >= 4 is 40.5 Å². The van der Waals surface area contributed by atoms with E-state index in [2.05, 4.69) is 5.32 Å². The van der Waals surface area contributed by atoms with Gasteiger partial charge in [-0.2, -0.15) is 5.26 Å². The maximum atomic E-state index is 11.9. The monoisotopic (exact) mass is 322 g/mol. The quantitative estimate of drug-likeness (QED) is 0.847. The SMILES string of the molecule is N#Cc1cccn1CCC(=O)Nc1c(Cl)cc(N)cc1Cl. The van der Waals surface area contributed by atoms with Crippen molar-refractivity contribution < 1.29 is 4.79 Å². The summed E-state index contributed by atoms with van der Waals surface area (Å²) < 4.78 is 1.70. The molecule has 2 rings (SSSR count). The Morgan fingerprint density at radius 2 is 2.05 bits per heavy atom. The molecule has 0 fully saturated rings. The number of rotatable bonds is 4. The molecule has 1 aromatic heterocycles. The van der Waals surface area contributed by atoms with Crippen LogP contribution in [0.2, 0.25) is 10.0 Å². The van der Waals surface area contributed by atoms with Gasteiger partial charge in [0.05, 0.1) is 15.7 Å². The molecule has 0 aliphatic rings. The summed E-state index contributed by atoms with van der Waals surface area (Å²) in [6.45, 7) is 0.395. The Hall–Kier alpha value is -2.16. The van der Waals surface area contributed by atoms with Gasteiger partial charge in [0.1, 0.15) is 11.8 Å². The molecule has 1 aromatic carbocycles.